The molecule has 1 aliphatic rings. The van der Waals surface area contributed by atoms with Gasteiger partial charge in [-0.25, -0.2) is 5.01 Å². The van der Waals surface area contributed by atoms with Crippen molar-refractivity contribution in [1.29, 1.82) is 0 Å². The molecule has 1 aromatic carbocycles. The topological polar surface area (TPSA) is 76.5 Å². The smallest absolute Gasteiger partial charge is 0.451 e. The molecule has 0 fully saturated rings. The van der Waals surface area contributed by atoms with Crippen molar-refractivity contribution in [2.24, 2.45) is 12.1 Å². The maximum atomic E-state index is 13.3. The number of hydrogen-bond acceptors (Lipinski definition) is 6. The lowest BCUT2D eigenvalue weighted by atomic mass is 10.0. The van der Waals surface area contributed by atoms with E-state index in [1.54, 1.807) is 31.2 Å². The summed E-state index contributed by atoms with van der Waals surface area (Å²) in [5.74, 6) is -0.962. The molecule has 1 aliphatic heterocycles. The third-order valence-electron chi connectivity index (χ3n) is 4.90. The Morgan fingerprint density at radius 3 is 2.56 bits per heavy atom. The third kappa shape index (κ3) is 4.40. The lowest BCUT2D eigenvalue weighted by molar-refractivity contribution is -0.147. The summed E-state index contributed by atoms with van der Waals surface area (Å²) >= 11 is 6.84. The minimum Gasteiger partial charge on any atom is -0.467 e. The summed E-state index contributed by atoms with van der Waals surface area (Å²) in [7, 11) is 1.21. The van der Waals surface area contributed by atoms with Crippen LogP contribution in [0.3, 0.4) is 0 Å². The van der Waals surface area contributed by atoms with E-state index in [1.165, 1.54) is 18.3 Å². The van der Waals surface area contributed by atoms with Gasteiger partial charge in [0.15, 0.2) is 5.16 Å². The zero-order chi connectivity index (χ0) is 23.0. The number of thioether (sulfide) groups is 1. The Kier molecular flexibility index (Phi) is 6.04. The minimum atomic E-state index is -4.63. The van der Waals surface area contributed by atoms with Crippen molar-refractivity contribution in [2.45, 2.75) is 36.0 Å². The number of halogens is 4. The molecule has 0 N–H and O–H groups in total. The van der Waals surface area contributed by atoms with Crippen molar-refractivity contribution in [2.75, 3.05) is 0 Å². The van der Waals surface area contributed by atoms with Gasteiger partial charge in [-0.15, -0.1) is 10.2 Å². The molecule has 0 aliphatic carbocycles. The van der Waals surface area contributed by atoms with Gasteiger partial charge in [0.25, 0.3) is 5.91 Å². The van der Waals surface area contributed by atoms with E-state index in [9.17, 15) is 18.0 Å². The first-order valence-corrected chi connectivity index (χ1v) is 10.7. The number of furan rings is 1. The summed E-state index contributed by atoms with van der Waals surface area (Å²) in [5, 5.41) is 12.4. The molecule has 0 saturated heterocycles. The van der Waals surface area contributed by atoms with Gasteiger partial charge in [-0.05, 0) is 36.8 Å². The lowest BCUT2D eigenvalue weighted by Crippen LogP contribution is -2.33. The average molecular weight is 484 g/mol. The molecule has 0 radical (unpaired) electrons. The summed E-state index contributed by atoms with van der Waals surface area (Å²) in [5.41, 5.74) is 1.48. The highest BCUT2D eigenvalue weighted by atomic mass is 35.5. The van der Waals surface area contributed by atoms with Crippen LogP contribution in [0.15, 0.2) is 57.3 Å². The second-order valence-corrected chi connectivity index (χ2v) is 8.84. The first kappa shape index (κ1) is 22.4. The molecule has 3 aromatic rings. The highest BCUT2D eigenvalue weighted by Gasteiger charge is 2.40. The van der Waals surface area contributed by atoms with Gasteiger partial charge in [-0.3, -0.25) is 4.79 Å². The summed E-state index contributed by atoms with van der Waals surface area (Å²) < 4.78 is 45.3. The molecule has 2 unspecified atom stereocenters. The highest BCUT2D eigenvalue weighted by molar-refractivity contribution is 8.00. The van der Waals surface area contributed by atoms with E-state index in [4.69, 9.17) is 16.0 Å². The third-order valence-corrected chi connectivity index (χ3v) is 6.28. The van der Waals surface area contributed by atoms with Gasteiger partial charge in [0.2, 0.25) is 5.82 Å². The van der Waals surface area contributed by atoms with Crippen LogP contribution in [-0.2, 0) is 18.0 Å². The van der Waals surface area contributed by atoms with Crippen LogP contribution >= 0.6 is 23.4 Å². The van der Waals surface area contributed by atoms with E-state index in [1.807, 2.05) is 12.1 Å². The first-order chi connectivity index (χ1) is 15.1. The van der Waals surface area contributed by atoms with Gasteiger partial charge < -0.3 is 8.98 Å². The fourth-order valence-electron chi connectivity index (χ4n) is 3.29. The molecule has 0 bridgehead atoms. The molecule has 2 aromatic heterocycles. The molecule has 32 heavy (non-hydrogen) atoms. The molecule has 4 rings (SSSR count). The number of amides is 1. The molecule has 168 valence electrons. The standard InChI is InChI=1S/C20H17ClF3N5O2S/c1-11(32-19-26-25-18(28(19)2)20(22,23)24)17(30)29-15(16-4-3-9-31-16)10-14(27-29)12-5-7-13(21)8-6-12/h3-9,11,15H,10H2,1-2H3. The predicted molar refractivity (Wildman–Crippen MR) is 112 cm³/mol. The Hall–Kier alpha value is -2.79. The van der Waals surface area contributed by atoms with Crippen molar-refractivity contribution < 1.29 is 22.4 Å². The number of nitrogens with zero attached hydrogens (tertiary/aromatic N) is 5. The average Bonchev–Trinajstić information content (AvgIpc) is 3.47. The van der Waals surface area contributed by atoms with Crippen LogP contribution in [0.2, 0.25) is 5.02 Å². The van der Waals surface area contributed by atoms with Gasteiger partial charge in [0, 0.05) is 18.5 Å². The van der Waals surface area contributed by atoms with Crippen molar-refractivity contribution in [3.05, 3.63) is 64.8 Å². The Bertz CT molecular complexity index is 1150. The number of alkyl halides is 3. The van der Waals surface area contributed by atoms with Crippen LogP contribution in [0.1, 0.15) is 36.5 Å². The summed E-state index contributed by atoms with van der Waals surface area (Å²) in [6.07, 6.45) is -2.71. The molecule has 0 spiro atoms. The summed E-state index contributed by atoms with van der Waals surface area (Å²) in [6.45, 7) is 1.59. The second kappa shape index (κ2) is 8.62. The number of carbonyl (C=O) groups is 1. The molecule has 12 heteroatoms. The predicted octanol–water partition coefficient (Wildman–Crippen LogP) is 4.94. The van der Waals surface area contributed by atoms with E-state index in [0.29, 0.717) is 22.9 Å². The van der Waals surface area contributed by atoms with Gasteiger partial charge >= 0.3 is 6.18 Å². The molecule has 2 atom stereocenters. The van der Waals surface area contributed by atoms with E-state index in [-0.39, 0.29) is 5.16 Å². The Morgan fingerprint density at radius 1 is 1.25 bits per heavy atom. The highest BCUT2D eigenvalue weighted by Crippen LogP contribution is 2.36. The van der Waals surface area contributed by atoms with Crippen LogP contribution in [-0.4, -0.2) is 36.6 Å². The number of carbonyl (C=O) groups excluding carboxylic acids is 1. The number of aromatic nitrogens is 3. The normalized spacial score (nSPS) is 17.5. The molecule has 1 amide bonds. The number of benzene rings is 1. The van der Waals surface area contributed by atoms with Gasteiger partial charge in [0.05, 0.1) is 17.2 Å². The van der Waals surface area contributed by atoms with E-state index >= 15 is 0 Å². The van der Waals surface area contributed by atoms with Gasteiger partial charge in [-0.2, -0.15) is 18.3 Å². The summed E-state index contributed by atoms with van der Waals surface area (Å²) in [6, 6.07) is 10.1. The van der Waals surface area contributed by atoms with Crippen LogP contribution in [0.25, 0.3) is 0 Å². The lowest BCUT2D eigenvalue weighted by Gasteiger charge is -2.22. The largest absolute Gasteiger partial charge is 0.467 e. The van der Waals surface area contributed by atoms with E-state index < -0.39 is 29.2 Å². The van der Waals surface area contributed by atoms with Crippen LogP contribution in [0.4, 0.5) is 13.2 Å². The molecule has 0 saturated carbocycles. The molecule has 7 nitrogen and oxygen atoms in total. The van der Waals surface area contributed by atoms with Gasteiger partial charge in [-0.1, -0.05) is 35.5 Å². The van der Waals surface area contributed by atoms with E-state index in [2.05, 4.69) is 15.3 Å². The minimum absolute atomic E-state index is 0.0196. The van der Waals surface area contributed by atoms with Gasteiger partial charge in [0.1, 0.15) is 11.8 Å². The quantitative estimate of drug-likeness (QED) is 0.480. The Morgan fingerprint density at radius 2 is 1.97 bits per heavy atom. The Labute approximate surface area is 190 Å². The number of rotatable bonds is 5. The van der Waals surface area contributed by atoms with Crippen molar-refractivity contribution in [1.82, 2.24) is 19.8 Å². The number of hydrogen-bond donors (Lipinski definition) is 0. The van der Waals surface area contributed by atoms with Crippen molar-refractivity contribution in [3.8, 4) is 0 Å². The molecular weight excluding hydrogens is 467 g/mol. The molecule has 3 heterocycles. The fourth-order valence-corrected chi connectivity index (χ4v) is 4.28. The summed E-state index contributed by atoms with van der Waals surface area (Å²) in [4.78, 5) is 13.3. The maximum Gasteiger partial charge on any atom is 0.451 e. The zero-order valence-electron chi connectivity index (χ0n) is 16.9. The zero-order valence-corrected chi connectivity index (χ0v) is 18.4. The van der Waals surface area contributed by atoms with E-state index in [0.717, 1.165) is 21.9 Å². The van der Waals surface area contributed by atoms with Crippen LogP contribution < -0.4 is 0 Å². The van der Waals surface area contributed by atoms with Crippen LogP contribution in [0.5, 0.6) is 0 Å². The monoisotopic (exact) mass is 483 g/mol. The first-order valence-electron chi connectivity index (χ1n) is 9.48. The fraction of sp³-hybridized carbons (Fsp3) is 0.300. The van der Waals surface area contributed by atoms with Crippen molar-refractivity contribution >= 4 is 35.0 Å². The Balaban J connectivity index is 1.59. The second-order valence-electron chi connectivity index (χ2n) is 7.09. The SMILES string of the molecule is CC(Sc1nnc(C(F)(F)F)n1C)C(=O)N1N=C(c2ccc(Cl)cc2)CC1c1ccco1. The van der Waals surface area contributed by atoms with Crippen molar-refractivity contribution in [3.63, 3.8) is 0 Å². The number of hydrazone groups is 1. The molecular formula is C20H17ClF3N5O2S. The maximum absolute atomic E-state index is 13.3. The van der Waals surface area contributed by atoms with Crippen LogP contribution in [0, 0.1) is 0 Å².